The van der Waals surface area contributed by atoms with E-state index >= 15 is 0 Å². The van der Waals surface area contributed by atoms with E-state index in [2.05, 4.69) is 25.8 Å². The monoisotopic (exact) mass is 288 g/mol. The number of nitrogens with one attached hydrogen (secondary N) is 1. The first-order valence-electron chi connectivity index (χ1n) is 9.26. The summed E-state index contributed by atoms with van der Waals surface area (Å²) < 4.78 is 0. The summed E-state index contributed by atoms with van der Waals surface area (Å²) in [6.07, 6.45) is 12.3. The molecule has 1 aromatic heterocycles. The number of aromatic amines is 1. The molecule has 0 saturated heterocycles. The Morgan fingerprint density at radius 3 is 2.62 bits per heavy atom. The summed E-state index contributed by atoms with van der Waals surface area (Å²) in [6.45, 7) is 7.03. The maximum absolute atomic E-state index is 5.02. The predicted molar refractivity (Wildman–Crippen MR) is 88.7 cm³/mol. The molecule has 2 unspecified atom stereocenters. The molecule has 21 heavy (non-hydrogen) atoms. The number of rotatable bonds is 4. The summed E-state index contributed by atoms with van der Waals surface area (Å²) in [5, 5.41) is 0. The molecule has 2 atom stereocenters. The minimum Gasteiger partial charge on any atom is -0.345 e. The Kier molecular flexibility index (Phi) is 4.71. The van der Waals surface area contributed by atoms with Gasteiger partial charge in [0.25, 0.3) is 0 Å². The van der Waals surface area contributed by atoms with Gasteiger partial charge in [0.15, 0.2) is 0 Å². The normalized spacial score (nSPS) is 32.9. The summed E-state index contributed by atoms with van der Waals surface area (Å²) in [5.74, 6) is 4.47. The second-order valence-corrected chi connectivity index (χ2v) is 7.79. The Balaban J connectivity index is 1.63. The minimum atomic E-state index is 0.648. The van der Waals surface area contributed by atoms with Crippen LogP contribution in [-0.2, 0) is 6.42 Å². The maximum atomic E-state index is 5.02. The van der Waals surface area contributed by atoms with Crippen molar-refractivity contribution in [2.75, 3.05) is 0 Å². The zero-order valence-corrected chi connectivity index (χ0v) is 14.1. The standard InChI is InChI=1S/C19H32N2/c1-4-5-6-15-7-9-16(10-8-15)19-20-17-12-13(2)11-14(3)18(17)21-19/h13-16H,4-12H2,1-3H3,(H,20,21). The molecule has 3 rings (SSSR count). The fourth-order valence-corrected chi connectivity index (χ4v) is 4.56. The van der Waals surface area contributed by atoms with E-state index < -0.39 is 0 Å². The molecule has 1 heterocycles. The van der Waals surface area contributed by atoms with Gasteiger partial charge in [-0.05, 0) is 50.4 Å². The van der Waals surface area contributed by atoms with E-state index in [4.69, 9.17) is 4.98 Å². The van der Waals surface area contributed by atoms with Gasteiger partial charge in [0.2, 0.25) is 0 Å². The molecule has 0 bridgehead atoms. The van der Waals surface area contributed by atoms with E-state index in [-0.39, 0.29) is 0 Å². The molecule has 0 aliphatic heterocycles. The van der Waals surface area contributed by atoms with Gasteiger partial charge in [-0.3, -0.25) is 0 Å². The molecule has 2 aliphatic carbocycles. The second kappa shape index (κ2) is 6.54. The minimum absolute atomic E-state index is 0.648. The summed E-state index contributed by atoms with van der Waals surface area (Å²) in [4.78, 5) is 8.73. The Morgan fingerprint density at radius 1 is 1.14 bits per heavy atom. The molecule has 2 aliphatic rings. The van der Waals surface area contributed by atoms with Crippen LogP contribution < -0.4 is 0 Å². The average Bonchev–Trinajstić information content (AvgIpc) is 2.90. The van der Waals surface area contributed by atoms with Crippen LogP contribution >= 0.6 is 0 Å². The highest BCUT2D eigenvalue weighted by atomic mass is 15.0. The van der Waals surface area contributed by atoms with Crippen LogP contribution in [-0.4, -0.2) is 9.97 Å². The third-order valence-electron chi connectivity index (χ3n) is 5.80. The van der Waals surface area contributed by atoms with Crippen LogP contribution in [0, 0.1) is 11.8 Å². The molecule has 1 aromatic rings. The van der Waals surface area contributed by atoms with Crippen LogP contribution in [0.25, 0.3) is 0 Å². The second-order valence-electron chi connectivity index (χ2n) is 7.79. The number of nitrogens with zero attached hydrogens (tertiary/aromatic N) is 1. The van der Waals surface area contributed by atoms with Crippen molar-refractivity contribution in [2.24, 2.45) is 11.8 Å². The van der Waals surface area contributed by atoms with Crippen LogP contribution in [0.2, 0.25) is 0 Å². The van der Waals surface area contributed by atoms with Crippen molar-refractivity contribution in [1.82, 2.24) is 9.97 Å². The van der Waals surface area contributed by atoms with Crippen LogP contribution in [0.5, 0.6) is 0 Å². The molecule has 0 spiro atoms. The third kappa shape index (κ3) is 3.35. The predicted octanol–water partition coefficient (Wildman–Crippen LogP) is 5.56. The highest BCUT2D eigenvalue weighted by Gasteiger charge is 2.29. The van der Waals surface area contributed by atoms with E-state index in [1.807, 2.05) is 0 Å². The Hall–Kier alpha value is -0.790. The molecule has 0 radical (unpaired) electrons. The largest absolute Gasteiger partial charge is 0.345 e. The molecule has 2 heteroatoms. The van der Waals surface area contributed by atoms with E-state index in [1.54, 1.807) is 0 Å². The first kappa shape index (κ1) is 15.1. The molecule has 0 amide bonds. The van der Waals surface area contributed by atoms with Crippen molar-refractivity contribution in [3.63, 3.8) is 0 Å². The van der Waals surface area contributed by atoms with Crippen LogP contribution in [0.15, 0.2) is 0 Å². The van der Waals surface area contributed by atoms with Gasteiger partial charge in [-0.15, -0.1) is 0 Å². The number of aromatic nitrogens is 2. The number of unbranched alkanes of at least 4 members (excludes halogenated alkanes) is 1. The zero-order chi connectivity index (χ0) is 14.8. The molecule has 1 saturated carbocycles. The summed E-state index contributed by atoms with van der Waals surface area (Å²) in [7, 11) is 0. The van der Waals surface area contributed by atoms with Gasteiger partial charge in [0, 0.05) is 17.5 Å². The molecular formula is C19H32N2. The van der Waals surface area contributed by atoms with Gasteiger partial charge in [0.05, 0.1) is 5.69 Å². The van der Waals surface area contributed by atoms with E-state index in [1.165, 1.54) is 75.0 Å². The van der Waals surface area contributed by atoms with E-state index in [0.29, 0.717) is 11.8 Å². The summed E-state index contributed by atoms with van der Waals surface area (Å²) in [5.41, 5.74) is 2.83. The Bertz CT molecular complexity index is 454. The Morgan fingerprint density at radius 2 is 1.90 bits per heavy atom. The fraction of sp³-hybridized carbons (Fsp3) is 0.842. The SMILES string of the molecule is CCCCC1CCC(c2nc3c([nH]2)CC(C)CC3C)CC1. The molecular weight excluding hydrogens is 256 g/mol. The lowest BCUT2D eigenvalue weighted by atomic mass is 9.79. The van der Waals surface area contributed by atoms with Crippen LogP contribution in [0.4, 0.5) is 0 Å². The quantitative estimate of drug-likeness (QED) is 0.772. The molecule has 2 nitrogen and oxygen atoms in total. The average molecular weight is 288 g/mol. The van der Waals surface area contributed by atoms with Gasteiger partial charge >= 0.3 is 0 Å². The maximum Gasteiger partial charge on any atom is 0.109 e. The van der Waals surface area contributed by atoms with E-state index in [0.717, 1.165) is 11.8 Å². The first-order chi connectivity index (χ1) is 10.2. The van der Waals surface area contributed by atoms with Crippen molar-refractivity contribution in [2.45, 2.75) is 90.4 Å². The molecule has 118 valence electrons. The van der Waals surface area contributed by atoms with Crippen molar-refractivity contribution in [3.05, 3.63) is 17.2 Å². The van der Waals surface area contributed by atoms with Gasteiger partial charge in [-0.1, -0.05) is 40.0 Å². The molecule has 0 aromatic carbocycles. The lowest BCUT2D eigenvalue weighted by Gasteiger charge is -2.27. The number of hydrogen-bond acceptors (Lipinski definition) is 1. The lowest BCUT2D eigenvalue weighted by Crippen LogP contribution is -2.14. The number of imidazole rings is 1. The van der Waals surface area contributed by atoms with Gasteiger partial charge in [0.1, 0.15) is 5.82 Å². The first-order valence-corrected chi connectivity index (χ1v) is 9.26. The lowest BCUT2D eigenvalue weighted by molar-refractivity contribution is 0.299. The van der Waals surface area contributed by atoms with Gasteiger partial charge in [-0.25, -0.2) is 4.98 Å². The fourth-order valence-electron chi connectivity index (χ4n) is 4.56. The van der Waals surface area contributed by atoms with Gasteiger partial charge < -0.3 is 4.98 Å². The van der Waals surface area contributed by atoms with Crippen LogP contribution in [0.3, 0.4) is 0 Å². The van der Waals surface area contributed by atoms with E-state index in [9.17, 15) is 0 Å². The van der Waals surface area contributed by atoms with Crippen molar-refractivity contribution < 1.29 is 0 Å². The topological polar surface area (TPSA) is 28.7 Å². The summed E-state index contributed by atoms with van der Waals surface area (Å²) >= 11 is 0. The highest BCUT2D eigenvalue weighted by Crippen LogP contribution is 2.39. The van der Waals surface area contributed by atoms with Gasteiger partial charge in [-0.2, -0.15) is 0 Å². The smallest absolute Gasteiger partial charge is 0.109 e. The highest BCUT2D eigenvalue weighted by molar-refractivity contribution is 5.23. The summed E-state index contributed by atoms with van der Waals surface area (Å²) in [6, 6.07) is 0. The van der Waals surface area contributed by atoms with Crippen LogP contribution in [0.1, 0.15) is 101 Å². The Labute approximate surface area is 130 Å². The molecule has 1 N–H and O–H groups in total. The van der Waals surface area contributed by atoms with Crippen molar-refractivity contribution >= 4 is 0 Å². The number of hydrogen-bond donors (Lipinski definition) is 1. The zero-order valence-electron chi connectivity index (χ0n) is 14.1. The van der Waals surface area contributed by atoms with Crippen molar-refractivity contribution in [3.8, 4) is 0 Å². The number of H-pyrrole nitrogens is 1. The van der Waals surface area contributed by atoms with Crippen molar-refractivity contribution in [1.29, 1.82) is 0 Å². The molecule has 1 fully saturated rings. The third-order valence-corrected chi connectivity index (χ3v) is 5.80. The number of fused-ring (bicyclic) bond motifs is 1.